The van der Waals surface area contributed by atoms with E-state index in [1.165, 1.54) is 0 Å². The van der Waals surface area contributed by atoms with Crippen molar-refractivity contribution in [2.75, 3.05) is 6.54 Å². The van der Waals surface area contributed by atoms with E-state index in [1.807, 2.05) is 6.07 Å². The Bertz CT molecular complexity index is 865. The molecule has 2 aromatic rings. The molecule has 0 spiro atoms. The molecule has 0 aromatic heterocycles. The predicted octanol–water partition coefficient (Wildman–Crippen LogP) is 4.44. The number of carbonyl (C=O) groups is 3. The van der Waals surface area contributed by atoms with Crippen LogP contribution in [0, 0.1) is 0 Å². The molecule has 0 saturated carbocycles. The molecule has 8 heteroatoms. The van der Waals surface area contributed by atoms with Crippen LogP contribution in [0.4, 0.5) is 9.59 Å². The molecule has 172 valence electrons. The molecule has 2 rings (SSSR count). The fourth-order valence-corrected chi connectivity index (χ4v) is 2.68. The van der Waals surface area contributed by atoms with Crippen LogP contribution in [0.5, 0.6) is 11.5 Å². The van der Waals surface area contributed by atoms with Crippen LogP contribution < -0.4 is 20.1 Å². The van der Waals surface area contributed by atoms with Crippen LogP contribution in [0.3, 0.4) is 0 Å². The first-order chi connectivity index (χ1) is 15.2. The summed E-state index contributed by atoms with van der Waals surface area (Å²) in [4.78, 5) is 36.6. The summed E-state index contributed by atoms with van der Waals surface area (Å²) in [6.45, 7) is 5.63. The van der Waals surface area contributed by atoms with Gasteiger partial charge in [-0.05, 0) is 64.3 Å². The van der Waals surface area contributed by atoms with Gasteiger partial charge in [0.05, 0.1) is 0 Å². The predicted molar refractivity (Wildman–Crippen MR) is 120 cm³/mol. The SMILES string of the molecule is CC(C)(C)OC(=O)C(CCCCNC(=O)Oc1ccccc1)NC(=O)Oc1ccccc1. The van der Waals surface area contributed by atoms with Crippen molar-refractivity contribution in [1.29, 1.82) is 0 Å². The van der Waals surface area contributed by atoms with Gasteiger partial charge < -0.3 is 24.8 Å². The monoisotopic (exact) mass is 442 g/mol. The second-order valence-corrected chi connectivity index (χ2v) is 8.06. The van der Waals surface area contributed by atoms with Crippen LogP contribution in [-0.4, -0.2) is 36.3 Å². The normalized spacial score (nSPS) is 11.7. The summed E-state index contributed by atoms with van der Waals surface area (Å²) in [5.41, 5.74) is -0.691. The van der Waals surface area contributed by atoms with Gasteiger partial charge in [-0.1, -0.05) is 36.4 Å². The summed E-state index contributed by atoms with van der Waals surface area (Å²) >= 11 is 0. The highest BCUT2D eigenvalue weighted by atomic mass is 16.6. The van der Waals surface area contributed by atoms with Crippen LogP contribution in [0.1, 0.15) is 40.0 Å². The van der Waals surface area contributed by atoms with E-state index in [4.69, 9.17) is 14.2 Å². The van der Waals surface area contributed by atoms with Gasteiger partial charge in [-0.3, -0.25) is 0 Å². The number of hydrogen-bond acceptors (Lipinski definition) is 6. The number of ether oxygens (including phenoxy) is 3. The van der Waals surface area contributed by atoms with Crippen molar-refractivity contribution in [1.82, 2.24) is 10.6 Å². The minimum Gasteiger partial charge on any atom is -0.458 e. The minimum atomic E-state index is -0.873. The molecule has 0 bridgehead atoms. The van der Waals surface area contributed by atoms with Crippen molar-refractivity contribution in [2.45, 2.75) is 51.7 Å². The summed E-state index contributed by atoms with van der Waals surface area (Å²) in [6, 6.07) is 16.4. The number of para-hydroxylation sites is 2. The number of amides is 2. The molecule has 0 aliphatic carbocycles. The molecule has 1 unspecified atom stereocenters. The Balaban J connectivity index is 1.80. The van der Waals surface area contributed by atoms with E-state index in [0.29, 0.717) is 37.3 Å². The van der Waals surface area contributed by atoms with Crippen LogP contribution in [-0.2, 0) is 9.53 Å². The zero-order valence-corrected chi connectivity index (χ0v) is 18.6. The first-order valence-electron chi connectivity index (χ1n) is 10.5. The van der Waals surface area contributed by atoms with Crippen LogP contribution in [0.25, 0.3) is 0 Å². The molecule has 0 fully saturated rings. The maximum absolute atomic E-state index is 12.5. The Labute approximate surface area is 188 Å². The molecule has 0 heterocycles. The molecule has 0 saturated heterocycles. The first kappa shape index (κ1) is 24.7. The fourth-order valence-electron chi connectivity index (χ4n) is 2.68. The van der Waals surface area contributed by atoms with Crippen molar-refractivity contribution in [3.05, 3.63) is 60.7 Å². The van der Waals surface area contributed by atoms with E-state index in [-0.39, 0.29) is 0 Å². The topological polar surface area (TPSA) is 103 Å². The summed E-state index contributed by atoms with van der Waals surface area (Å²) in [5.74, 6) is 0.282. The highest BCUT2D eigenvalue weighted by Gasteiger charge is 2.27. The molecule has 0 aliphatic rings. The summed E-state index contributed by atoms with van der Waals surface area (Å²) < 4.78 is 15.8. The van der Waals surface area contributed by atoms with Crippen LogP contribution >= 0.6 is 0 Å². The lowest BCUT2D eigenvalue weighted by atomic mass is 10.1. The molecule has 0 radical (unpaired) electrons. The third kappa shape index (κ3) is 9.97. The smallest absolute Gasteiger partial charge is 0.413 e. The van der Waals surface area contributed by atoms with Crippen LogP contribution in [0.15, 0.2) is 60.7 Å². The van der Waals surface area contributed by atoms with E-state index >= 15 is 0 Å². The Morgan fingerprint density at radius 1 is 0.812 bits per heavy atom. The Morgan fingerprint density at radius 2 is 1.34 bits per heavy atom. The summed E-state index contributed by atoms with van der Waals surface area (Å²) in [6.07, 6.45) is 0.176. The second-order valence-electron chi connectivity index (χ2n) is 8.06. The molecule has 8 nitrogen and oxygen atoms in total. The quantitative estimate of drug-likeness (QED) is 0.439. The van der Waals surface area contributed by atoms with Gasteiger partial charge in [0.15, 0.2) is 0 Å². The van der Waals surface area contributed by atoms with Gasteiger partial charge in [0.25, 0.3) is 0 Å². The number of rotatable bonds is 9. The lowest BCUT2D eigenvalue weighted by Crippen LogP contribution is -2.45. The number of esters is 1. The van der Waals surface area contributed by atoms with E-state index in [1.54, 1.807) is 75.4 Å². The molecule has 2 amide bonds. The first-order valence-corrected chi connectivity index (χ1v) is 10.5. The second kappa shape index (κ2) is 12.3. The number of benzene rings is 2. The zero-order chi connectivity index (χ0) is 23.4. The Morgan fingerprint density at radius 3 is 1.88 bits per heavy atom. The maximum Gasteiger partial charge on any atom is 0.413 e. The van der Waals surface area contributed by atoms with Gasteiger partial charge in [-0.15, -0.1) is 0 Å². The van der Waals surface area contributed by atoms with Crippen molar-refractivity contribution < 1.29 is 28.6 Å². The molecule has 2 N–H and O–H groups in total. The highest BCUT2D eigenvalue weighted by molar-refractivity contribution is 5.82. The van der Waals surface area contributed by atoms with Gasteiger partial charge in [0.2, 0.25) is 0 Å². The van der Waals surface area contributed by atoms with E-state index in [9.17, 15) is 14.4 Å². The zero-order valence-electron chi connectivity index (χ0n) is 18.6. The summed E-state index contributed by atoms with van der Waals surface area (Å²) in [7, 11) is 0. The molecule has 32 heavy (non-hydrogen) atoms. The largest absolute Gasteiger partial charge is 0.458 e. The molecular weight excluding hydrogens is 412 g/mol. The number of carbonyl (C=O) groups excluding carboxylic acids is 3. The van der Waals surface area contributed by atoms with Crippen molar-refractivity contribution in [3.63, 3.8) is 0 Å². The van der Waals surface area contributed by atoms with Crippen molar-refractivity contribution in [2.24, 2.45) is 0 Å². The number of nitrogens with one attached hydrogen (secondary N) is 2. The Hall–Kier alpha value is -3.55. The number of hydrogen-bond donors (Lipinski definition) is 2. The van der Waals surface area contributed by atoms with Crippen LogP contribution in [0.2, 0.25) is 0 Å². The number of unbranched alkanes of at least 4 members (excludes halogenated alkanes) is 1. The van der Waals surface area contributed by atoms with Gasteiger partial charge in [0.1, 0.15) is 23.1 Å². The average molecular weight is 443 g/mol. The van der Waals surface area contributed by atoms with Gasteiger partial charge in [-0.25, -0.2) is 14.4 Å². The van der Waals surface area contributed by atoms with E-state index in [0.717, 1.165) is 0 Å². The molecule has 0 aliphatic heterocycles. The fraction of sp³-hybridized carbons (Fsp3) is 0.375. The van der Waals surface area contributed by atoms with E-state index < -0.39 is 29.8 Å². The van der Waals surface area contributed by atoms with Crippen molar-refractivity contribution in [3.8, 4) is 11.5 Å². The molecule has 2 aromatic carbocycles. The standard InChI is InChI=1S/C24H30N2O6/c1-24(2,3)32-21(27)20(26-23(29)31-19-14-8-5-9-15-19)16-10-11-17-25-22(28)30-18-12-6-4-7-13-18/h4-9,12-15,20H,10-11,16-17H2,1-3H3,(H,25,28)(H,26,29). The summed E-state index contributed by atoms with van der Waals surface area (Å²) in [5, 5.41) is 5.23. The average Bonchev–Trinajstić information content (AvgIpc) is 2.73. The third-order valence-corrected chi connectivity index (χ3v) is 4.08. The van der Waals surface area contributed by atoms with E-state index in [2.05, 4.69) is 10.6 Å². The van der Waals surface area contributed by atoms with Gasteiger partial charge >= 0.3 is 18.2 Å². The lowest BCUT2D eigenvalue weighted by molar-refractivity contribution is -0.157. The lowest BCUT2D eigenvalue weighted by Gasteiger charge is -2.24. The molecular formula is C24H30N2O6. The minimum absolute atomic E-state index is 0.328. The Kier molecular flexibility index (Phi) is 9.53. The van der Waals surface area contributed by atoms with Gasteiger partial charge in [-0.2, -0.15) is 0 Å². The highest BCUT2D eigenvalue weighted by Crippen LogP contribution is 2.13. The maximum atomic E-state index is 12.5. The third-order valence-electron chi connectivity index (χ3n) is 4.08. The molecule has 1 atom stereocenters. The van der Waals surface area contributed by atoms with Crippen molar-refractivity contribution >= 4 is 18.2 Å². The van der Waals surface area contributed by atoms with Gasteiger partial charge in [0, 0.05) is 6.54 Å².